The van der Waals surface area contributed by atoms with Crippen molar-refractivity contribution in [3.8, 4) is 0 Å². The van der Waals surface area contributed by atoms with Crippen molar-refractivity contribution in [1.82, 2.24) is 25.2 Å². The molecule has 1 aliphatic heterocycles. The maximum atomic E-state index is 13.5. The van der Waals surface area contributed by atoms with Gasteiger partial charge < -0.3 is 16.0 Å². The van der Waals surface area contributed by atoms with Gasteiger partial charge in [-0.05, 0) is 31.1 Å². The fourth-order valence-corrected chi connectivity index (χ4v) is 3.10. The Hall–Kier alpha value is -4.02. The number of carbonyl (C=O) groups is 2. The number of amides is 3. The number of urea groups is 1. The van der Waals surface area contributed by atoms with Gasteiger partial charge in [-0.1, -0.05) is 0 Å². The number of benzene rings is 1. The van der Waals surface area contributed by atoms with Gasteiger partial charge >= 0.3 is 6.03 Å². The minimum Gasteiger partial charge on any atom is -0.367 e. The van der Waals surface area contributed by atoms with Crippen LogP contribution in [0, 0.1) is 11.6 Å². The largest absolute Gasteiger partial charge is 0.367 e. The molecule has 2 aliphatic rings. The highest BCUT2D eigenvalue weighted by molar-refractivity contribution is 6.14. The van der Waals surface area contributed by atoms with E-state index >= 15 is 0 Å². The van der Waals surface area contributed by atoms with Crippen LogP contribution in [-0.2, 0) is 4.79 Å². The monoisotopic (exact) mass is 411 g/mol. The zero-order valence-electron chi connectivity index (χ0n) is 15.4. The molecule has 0 bridgehead atoms. The molecule has 30 heavy (non-hydrogen) atoms. The second-order valence-corrected chi connectivity index (χ2v) is 7.03. The summed E-state index contributed by atoms with van der Waals surface area (Å²) in [5.74, 6) is -1.03. The summed E-state index contributed by atoms with van der Waals surface area (Å²) >= 11 is 0. The van der Waals surface area contributed by atoms with E-state index in [-0.39, 0.29) is 11.4 Å². The van der Waals surface area contributed by atoms with Gasteiger partial charge in [-0.3, -0.25) is 10.1 Å². The lowest BCUT2D eigenvalue weighted by atomic mass is 10.2. The Morgan fingerprint density at radius 3 is 2.53 bits per heavy atom. The van der Waals surface area contributed by atoms with Crippen LogP contribution in [0.2, 0.25) is 0 Å². The number of imide groups is 1. The lowest BCUT2D eigenvalue weighted by Crippen LogP contribution is -2.22. The van der Waals surface area contributed by atoms with E-state index < -0.39 is 23.6 Å². The highest BCUT2D eigenvalue weighted by atomic mass is 19.1. The average molecular weight is 411 g/mol. The van der Waals surface area contributed by atoms with Crippen molar-refractivity contribution in [1.29, 1.82) is 0 Å². The lowest BCUT2D eigenvalue weighted by Gasteiger charge is -2.12. The molecule has 1 aromatic carbocycles. The van der Waals surface area contributed by atoms with Gasteiger partial charge in [0.25, 0.3) is 5.91 Å². The van der Waals surface area contributed by atoms with Gasteiger partial charge in [0.15, 0.2) is 5.65 Å². The second-order valence-electron chi connectivity index (χ2n) is 7.03. The molecule has 0 atom stereocenters. The van der Waals surface area contributed by atoms with Crippen LogP contribution in [0.4, 0.5) is 30.9 Å². The molecule has 1 aliphatic carbocycles. The number of nitrogens with one attached hydrogen (secondary N) is 4. The predicted molar refractivity (Wildman–Crippen MR) is 104 cm³/mol. The Morgan fingerprint density at radius 2 is 1.87 bits per heavy atom. The third-order valence-electron chi connectivity index (χ3n) is 4.58. The number of carbonyl (C=O) groups excluding carboxylic acids is 2. The first-order valence-corrected chi connectivity index (χ1v) is 9.17. The maximum Gasteiger partial charge on any atom is 0.326 e. The molecule has 3 aromatic rings. The van der Waals surface area contributed by atoms with E-state index in [9.17, 15) is 18.4 Å². The van der Waals surface area contributed by atoms with Crippen LogP contribution in [0.25, 0.3) is 11.7 Å². The van der Waals surface area contributed by atoms with Gasteiger partial charge in [0.1, 0.15) is 29.0 Å². The summed E-state index contributed by atoms with van der Waals surface area (Å²) in [5.41, 5.74) is 1.14. The first kappa shape index (κ1) is 18.0. The summed E-state index contributed by atoms with van der Waals surface area (Å²) in [5, 5.41) is 15.1. The lowest BCUT2D eigenvalue weighted by molar-refractivity contribution is -0.115. The van der Waals surface area contributed by atoms with E-state index in [4.69, 9.17) is 0 Å². The molecule has 0 spiro atoms. The number of rotatable bonds is 5. The van der Waals surface area contributed by atoms with Crippen molar-refractivity contribution in [2.45, 2.75) is 18.9 Å². The molecule has 1 saturated carbocycles. The average Bonchev–Trinajstić information content (AvgIpc) is 3.30. The molecule has 2 aromatic heterocycles. The van der Waals surface area contributed by atoms with Crippen molar-refractivity contribution < 1.29 is 18.4 Å². The molecule has 3 amide bonds. The maximum absolute atomic E-state index is 13.5. The van der Waals surface area contributed by atoms with E-state index in [1.165, 1.54) is 12.3 Å². The van der Waals surface area contributed by atoms with Crippen LogP contribution in [0.1, 0.15) is 18.4 Å². The van der Waals surface area contributed by atoms with Gasteiger partial charge in [-0.2, -0.15) is 9.61 Å². The number of hydrogen-bond acceptors (Lipinski definition) is 6. The summed E-state index contributed by atoms with van der Waals surface area (Å²) in [7, 11) is 0. The van der Waals surface area contributed by atoms with Gasteiger partial charge in [-0.15, -0.1) is 0 Å². The molecule has 9 nitrogen and oxygen atoms in total. The van der Waals surface area contributed by atoms with Crippen molar-refractivity contribution in [2.24, 2.45) is 0 Å². The Kier molecular flexibility index (Phi) is 4.09. The molecule has 152 valence electrons. The predicted octanol–water partition coefficient (Wildman–Crippen LogP) is 2.51. The van der Waals surface area contributed by atoms with Crippen molar-refractivity contribution in [3.63, 3.8) is 0 Å². The first-order chi connectivity index (χ1) is 14.4. The highest BCUT2D eigenvalue weighted by Gasteiger charge is 2.25. The normalized spacial score (nSPS) is 17.3. The van der Waals surface area contributed by atoms with Gasteiger partial charge in [0, 0.05) is 29.4 Å². The van der Waals surface area contributed by atoms with Crippen molar-refractivity contribution >= 4 is 41.0 Å². The molecule has 3 heterocycles. The minimum absolute atomic E-state index is 0.0685. The van der Waals surface area contributed by atoms with Crippen molar-refractivity contribution in [2.75, 3.05) is 10.6 Å². The SMILES string of the molecule is O=C1NC(=O)/C(=C\c2cnn3c(NC4CC4)cc(Nc4cc(F)cc(F)c4)nc23)N1. The third kappa shape index (κ3) is 3.52. The summed E-state index contributed by atoms with van der Waals surface area (Å²) in [6.45, 7) is 0. The molecule has 0 unspecified atom stereocenters. The fourth-order valence-electron chi connectivity index (χ4n) is 3.10. The smallest absolute Gasteiger partial charge is 0.326 e. The van der Waals surface area contributed by atoms with Crippen molar-refractivity contribution in [3.05, 3.63) is 53.4 Å². The van der Waals surface area contributed by atoms with Crippen LogP contribution in [0.5, 0.6) is 0 Å². The Morgan fingerprint density at radius 1 is 1.10 bits per heavy atom. The molecule has 4 N–H and O–H groups in total. The Balaban J connectivity index is 1.58. The van der Waals surface area contributed by atoms with E-state index in [0.29, 0.717) is 28.9 Å². The number of aromatic nitrogens is 3. The zero-order chi connectivity index (χ0) is 20.8. The van der Waals surface area contributed by atoms with E-state index in [2.05, 4.69) is 31.3 Å². The number of hydrogen-bond donors (Lipinski definition) is 4. The summed E-state index contributed by atoms with van der Waals surface area (Å²) in [4.78, 5) is 27.7. The van der Waals surface area contributed by atoms with Crippen LogP contribution in [0.3, 0.4) is 0 Å². The number of halogens is 2. The molecule has 11 heteroatoms. The first-order valence-electron chi connectivity index (χ1n) is 9.17. The summed E-state index contributed by atoms with van der Waals surface area (Å²) in [6, 6.07) is 4.47. The molecular weight excluding hydrogens is 396 g/mol. The van der Waals surface area contributed by atoms with Crippen LogP contribution in [0.15, 0.2) is 36.2 Å². The molecule has 5 rings (SSSR count). The van der Waals surface area contributed by atoms with Crippen LogP contribution >= 0.6 is 0 Å². The van der Waals surface area contributed by atoms with E-state index in [0.717, 1.165) is 31.0 Å². The number of fused-ring (bicyclic) bond motifs is 1. The fraction of sp³-hybridized carbons (Fsp3) is 0.158. The molecule has 2 fully saturated rings. The van der Waals surface area contributed by atoms with Gasteiger partial charge in [0.05, 0.1) is 6.20 Å². The second kappa shape index (κ2) is 6.79. The quantitative estimate of drug-likeness (QED) is 0.379. The topological polar surface area (TPSA) is 112 Å². The van der Waals surface area contributed by atoms with Gasteiger partial charge in [0.2, 0.25) is 0 Å². The Bertz CT molecular complexity index is 1210. The third-order valence-corrected chi connectivity index (χ3v) is 4.58. The van der Waals surface area contributed by atoms with E-state index in [1.807, 2.05) is 0 Å². The van der Waals surface area contributed by atoms with E-state index in [1.54, 1.807) is 10.6 Å². The van der Waals surface area contributed by atoms with Crippen LogP contribution in [-0.4, -0.2) is 32.6 Å². The standard InChI is InChI=1S/C19H15F2N7O2/c20-10-4-11(21)6-13(5-10)23-15-7-16(24-12-1-2-12)28-17(26-15)9(8-22-28)3-14-18(29)27-19(30)25-14/h3-8,12,24H,1-2H2,(H,23,26)(H2,25,27,29,30)/b14-3+. The summed E-state index contributed by atoms with van der Waals surface area (Å²) in [6.07, 6.45) is 5.01. The highest BCUT2D eigenvalue weighted by Crippen LogP contribution is 2.28. The number of nitrogens with zero attached hydrogens (tertiary/aromatic N) is 3. The summed E-state index contributed by atoms with van der Waals surface area (Å²) < 4.78 is 28.7. The minimum atomic E-state index is -0.715. The zero-order valence-corrected chi connectivity index (χ0v) is 15.4. The Labute approximate surface area is 168 Å². The molecular formula is C19H15F2N7O2. The van der Waals surface area contributed by atoms with Gasteiger partial charge in [-0.25, -0.2) is 18.6 Å². The molecule has 0 radical (unpaired) electrons. The van der Waals surface area contributed by atoms with Crippen LogP contribution < -0.4 is 21.3 Å². The number of anilines is 3. The molecule has 1 saturated heterocycles.